The number of rotatable bonds is 3. The third-order valence-electron chi connectivity index (χ3n) is 3.62. The Morgan fingerprint density at radius 2 is 1.83 bits per heavy atom. The fourth-order valence-corrected chi connectivity index (χ4v) is 3.16. The first-order valence-corrected chi connectivity index (χ1v) is 8.38. The second kappa shape index (κ2) is 6.33. The van der Waals surface area contributed by atoms with E-state index in [0.717, 1.165) is 11.4 Å². The van der Waals surface area contributed by atoms with Crippen LogP contribution in [0.4, 0.5) is 5.13 Å². The Kier molecular flexibility index (Phi) is 3.88. The molecule has 0 aliphatic carbocycles. The molecule has 2 aromatic carbocycles. The van der Waals surface area contributed by atoms with E-state index >= 15 is 0 Å². The first kappa shape index (κ1) is 14.7. The molecule has 0 fully saturated rings. The Balaban J connectivity index is 1.47. The number of carbonyl (C=O) groups excluding carboxylic acids is 1. The topological polar surface area (TPSA) is 60.5 Å². The van der Waals surface area contributed by atoms with Crippen LogP contribution >= 0.6 is 11.3 Å². The van der Waals surface area contributed by atoms with Gasteiger partial charge in [0.15, 0.2) is 22.7 Å². The average Bonchev–Trinajstić information content (AvgIpc) is 3.10. The summed E-state index contributed by atoms with van der Waals surface area (Å²) in [4.78, 5) is 16.6. The van der Waals surface area contributed by atoms with E-state index in [1.807, 2.05) is 47.8 Å². The van der Waals surface area contributed by atoms with Gasteiger partial charge in [-0.25, -0.2) is 4.98 Å². The van der Waals surface area contributed by atoms with Crippen molar-refractivity contribution in [3.63, 3.8) is 0 Å². The first-order chi connectivity index (χ1) is 11.8. The van der Waals surface area contributed by atoms with E-state index in [1.54, 1.807) is 12.1 Å². The van der Waals surface area contributed by atoms with Crippen LogP contribution in [-0.4, -0.2) is 17.5 Å². The highest BCUT2D eigenvalue weighted by Gasteiger charge is 2.24. The lowest BCUT2D eigenvalue weighted by atomic mass is 10.2. The normalized spacial score (nSPS) is 15.8. The number of ether oxygens (including phenoxy) is 2. The predicted molar refractivity (Wildman–Crippen MR) is 91.8 cm³/mol. The molecule has 0 bridgehead atoms. The Hall–Kier alpha value is -2.86. The van der Waals surface area contributed by atoms with E-state index < -0.39 is 0 Å². The summed E-state index contributed by atoms with van der Waals surface area (Å²) in [6.45, 7) is 0.396. The van der Waals surface area contributed by atoms with Gasteiger partial charge in [-0.05, 0) is 24.3 Å². The van der Waals surface area contributed by atoms with E-state index in [1.165, 1.54) is 11.3 Å². The molecule has 1 atom stereocenters. The SMILES string of the molecule is O=C(Nc1nc([C@@H]2COc3ccccc3O2)cs1)c1ccccc1. The number of aromatic nitrogens is 1. The average molecular weight is 338 g/mol. The molecule has 24 heavy (non-hydrogen) atoms. The van der Waals surface area contributed by atoms with E-state index in [9.17, 15) is 4.79 Å². The highest BCUT2D eigenvalue weighted by atomic mass is 32.1. The zero-order valence-electron chi connectivity index (χ0n) is 12.6. The highest BCUT2D eigenvalue weighted by molar-refractivity contribution is 7.14. The second-order valence-corrected chi connectivity index (χ2v) is 6.12. The van der Waals surface area contributed by atoms with E-state index in [2.05, 4.69) is 10.3 Å². The maximum atomic E-state index is 12.2. The van der Waals surface area contributed by atoms with Gasteiger partial charge in [0, 0.05) is 10.9 Å². The van der Waals surface area contributed by atoms with Gasteiger partial charge in [0.2, 0.25) is 0 Å². The first-order valence-electron chi connectivity index (χ1n) is 7.50. The number of nitrogens with one attached hydrogen (secondary N) is 1. The van der Waals surface area contributed by atoms with Gasteiger partial charge in [0.1, 0.15) is 6.61 Å². The molecule has 0 unspecified atom stereocenters. The van der Waals surface area contributed by atoms with Crippen molar-refractivity contribution in [3.05, 3.63) is 71.2 Å². The number of nitrogens with zero attached hydrogens (tertiary/aromatic N) is 1. The highest BCUT2D eigenvalue weighted by Crippen LogP contribution is 2.36. The number of fused-ring (bicyclic) bond motifs is 1. The van der Waals surface area contributed by atoms with Gasteiger partial charge in [-0.3, -0.25) is 10.1 Å². The molecule has 0 spiro atoms. The molecule has 6 heteroatoms. The fraction of sp³-hybridized carbons (Fsp3) is 0.111. The summed E-state index contributed by atoms with van der Waals surface area (Å²) in [5.41, 5.74) is 1.35. The quantitative estimate of drug-likeness (QED) is 0.786. The molecule has 1 N–H and O–H groups in total. The Labute approximate surface area is 142 Å². The molecule has 0 radical (unpaired) electrons. The van der Waals surface area contributed by atoms with Crippen LogP contribution in [-0.2, 0) is 0 Å². The Morgan fingerprint density at radius 3 is 2.67 bits per heavy atom. The van der Waals surface area contributed by atoms with Crippen LogP contribution in [0, 0.1) is 0 Å². The second-order valence-electron chi connectivity index (χ2n) is 5.26. The molecule has 5 nitrogen and oxygen atoms in total. The maximum absolute atomic E-state index is 12.2. The van der Waals surface area contributed by atoms with Crippen molar-refractivity contribution in [2.75, 3.05) is 11.9 Å². The molecule has 1 aliphatic rings. The lowest BCUT2D eigenvalue weighted by Gasteiger charge is -2.25. The molecule has 1 amide bonds. The zero-order valence-corrected chi connectivity index (χ0v) is 13.5. The van der Waals surface area contributed by atoms with Crippen LogP contribution in [0.3, 0.4) is 0 Å². The Morgan fingerprint density at radius 1 is 1.08 bits per heavy atom. The lowest BCUT2D eigenvalue weighted by molar-refractivity contribution is 0.0888. The summed E-state index contributed by atoms with van der Waals surface area (Å²) in [5.74, 6) is 1.26. The summed E-state index contributed by atoms with van der Waals surface area (Å²) in [6.07, 6.45) is -0.279. The molecular weight excluding hydrogens is 324 g/mol. The van der Waals surface area contributed by atoms with Crippen LogP contribution in [0.5, 0.6) is 11.5 Å². The predicted octanol–water partition coefficient (Wildman–Crippen LogP) is 3.91. The van der Waals surface area contributed by atoms with Crippen molar-refractivity contribution in [1.82, 2.24) is 4.98 Å². The van der Waals surface area contributed by atoms with Crippen LogP contribution in [0.15, 0.2) is 60.0 Å². The van der Waals surface area contributed by atoms with E-state index in [4.69, 9.17) is 9.47 Å². The molecule has 2 heterocycles. The maximum Gasteiger partial charge on any atom is 0.257 e. The van der Waals surface area contributed by atoms with Crippen molar-refractivity contribution in [3.8, 4) is 11.5 Å². The van der Waals surface area contributed by atoms with Gasteiger partial charge >= 0.3 is 0 Å². The molecule has 1 aliphatic heterocycles. The molecular formula is C18H14N2O3S. The summed E-state index contributed by atoms with van der Waals surface area (Å²) in [7, 11) is 0. The third-order valence-corrected chi connectivity index (χ3v) is 4.39. The minimum atomic E-state index is -0.279. The largest absolute Gasteiger partial charge is 0.485 e. The molecule has 3 aromatic rings. The number of amides is 1. The van der Waals surface area contributed by atoms with Crippen molar-refractivity contribution in [2.24, 2.45) is 0 Å². The van der Waals surface area contributed by atoms with Gasteiger partial charge in [-0.1, -0.05) is 30.3 Å². The molecule has 0 saturated heterocycles. The summed E-state index contributed by atoms with van der Waals surface area (Å²) in [5, 5.41) is 5.23. The summed E-state index contributed by atoms with van der Waals surface area (Å²) in [6, 6.07) is 16.6. The number of hydrogen-bond acceptors (Lipinski definition) is 5. The number of benzene rings is 2. The van der Waals surface area contributed by atoms with Gasteiger partial charge in [-0.15, -0.1) is 11.3 Å². The van der Waals surface area contributed by atoms with Crippen LogP contribution in [0.25, 0.3) is 0 Å². The third kappa shape index (κ3) is 2.96. The van der Waals surface area contributed by atoms with Crippen LogP contribution in [0.2, 0.25) is 0 Å². The molecule has 4 rings (SSSR count). The number of carbonyl (C=O) groups is 1. The van der Waals surface area contributed by atoms with Crippen molar-refractivity contribution in [1.29, 1.82) is 0 Å². The molecule has 120 valence electrons. The van der Waals surface area contributed by atoms with Crippen LogP contribution < -0.4 is 14.8 Å². The number of anilines is 1. The van der Waals surface area contributed by atoms with Crippen molar-refractivity contribution >= 4 is 22.4 Å². The van der Waals surface area contributed by atoms with Gasteiger partial charge in [0.25, 0.3) is 5.91 Å². The van der Waals surface area contributed by atoms with Gasteiger partial charge in [-0.2, -0.15) is 0 Å². The molecule has 0 saturated carbocycles. The molecule has 1 aromatic heterocycles. The van der Waals surface area contributed by atoms with Gasteiger partial charge < -0.3 is 9.47 Å². The summed E-state index contributed by atoms with van der Waals surface area (Å²) < 4.78 is 11.6. The minimum Gasteiger partial charge on any atom is -0.485 e. The number of para-hydroxylation sites is 2. The number of hydrogen-bond donors (Lipinski definition) is 1. The summed E-state index contributed by atoms with van der Waals surface area (Å²) >= 11 is 1.37. The van der Waals surface area contributed by atoms with Crippen molar-refractivity contribution < 1.29 is 14.3 Å². The minimum absolute atomic E-state index is 0.178. The fourth-order valence-electron chi connectivity index (χ4n) is 2.42. The standard InChI is InChI=1S/C18H14N2O3S/c21-17(12-6-2-1-3-7-12)20-18-19-13(11-24-18)16-10-22-14-8-4-5-9-15(14)23-16/h1-9,11,16H,10H2,(H,19,20,21)/t16-/m0/s1. The number of thiazole rings is 1. The zero-order chi connectivity index (χ0) is 16.4. The Bertz CT molecular complexity index is 863. The van der Waals surface area contributed by atoms with Gasteiger partial charge in [0.05, 0.1) is 5.69 Å². The van der Waals surface area contributed by atoms with E-state index in [-0.39, 0.29) is 12.0 Å². The monoisotopic (exact) mass is 338 g/mol. The van der Waals surface area contributed by atoms with Crippen LogP contribution in [0.1, 0.15) is 22.2 Å². The van der Waals surface area contributed by atoms with E-state index in [0.29, 0.717) is 23.1 Å². The lowest BCUT2D eigenvalue weighted by Crippen LogP contribution is -2.22. The van der Waals surface area contributed by atoms with Crippen molar-refractivity contribution in [2.45, 2.75) is 6.10 Å². The smallest absolute Gasteiger partial charge is 0.257 e.